The average Bonchev–Trinajstić information content (AvgIpc) is 2.73. The number of hydrogen-bond acceptors (Lipinski definition) is 3. The summed E-state index contributed by atoms with van der Waals surface area (Å²) < 4.78 is 5.16. The van der Waals surface area contributed by atoms with Gasteiger partial charge in [0.15, 0.2) is 0 Å². The van der Waals surface area contributed by atoms with Crippen molar-refractivity contribution in [3.63, 3.8) is 0 Å². The van der Waals surface area contributed by atoms with E-state index < -0.39 is 0 Å². The molecule has 2 N–H and O–H groups in total. The minimum atomic E-state index is -0.155. The zero-order chi connectivity index (χ0) is 18.9. The number of carbonyl (C=O) groups excluding carboxylic acids is 1. The van der Waals surface area contributed by atoms with Gasteiger partial charge in [-0.2, -0.15) is 0 Å². The maximum atomic E-state index is 12.3. The fourth-order valence-electron chi connectivity index (χ4n) is 2.81. The Balaban J connectivity index is 1.47. The van der Waals surface area contributed by atoms with Crippen molar-refractivity contribution >= 4 is 17.3 Å². The Labute approximate surface area is 160 Å². The number of amides is 1. The molecule has 138 valence electrons. The quantitative estimate of drug-likeness (QED) is 0.556. The molecule has 0 saturated carbocycles. The molecule has 0 heterocycles. The summed E-state index contributed by atoms with van der Waals surface area (Å²) in [4.78, 5) is 12.3. The van der Waals surface area contributed by atoms with Gasteiger partial charge in [-0.25, -0.2) is 0 Å². The van der Waals surface area contributed by atoms with E-state index in [9.17, 15) is 4.79 Å². The van der Waals surface area contributed by atoms with Crippen LogP contribution in [0.2, 0.25) is 0 Å². The van der Waals surface area contributed by atoms with Crippen LogP contribution < -0.4 is 15.4 Å². The van der Waals surface area contributed by atoms with E-state index in [-0.39, 0.29) is 5.91 Å². The molecule has 0 aliphatic rings. The minimum absolute atomic E-state index is 0.155. The van der Waals surface area contributed by atoms with Gasteiger partial charge in [0, 0.05) is 23.5 Å². The molecule has 0 bridgehead atoms. The van der Waals surface area contributed by atoms with Gasteiger partial charge in [-0.15, -0.1) is 0 Å². The lowest BCUT2D eigenvalue weighted by molar-refractivity contribution is 0.102. The van der Waals surface area contributed by atoms with Crippen LogP contribution in [0.3, 0.4) is 0 Å². The van der Waals surface area contributed by atoms with Crippen LogP contribution in [-0.4, -0.2) is 19.6 Å². The Morgan fingerprint density at radius 3 is 2.37 bits per heavy atom. The van der Waals surface area contributed by atoms with Gasteiger partial charge in [-0.3, -0.25) is 4.79 Å². The van der Waals surface area contributed by atoms with Gasteiger partial charge in [0.1, 0.15) is 5.75 Å². The molecule has 0 fully saturated rings. The zero-order valence-corrected chi connectivity index (χ0v) is 15.4. The number of nitrogens with one attached hydrogen (secondary N) is 2. The van der Waals surface area contributed by atoms with Gasteiger partial charge in [0.25, 0.3) is 5.91 Å². The van der Waals surface area contributed by atoms with Gasteiger partial charge in [0.2, 0.25) is 0 Å². The number of hydrogen-bond donors (Lipinski definition) is 2. The Hall–Kier alpha value is -3.27. The van der Waals surface area contributed by atoms with Crippen molar-refractivity contribution in [2.24, 2.45) is 0 Å². The summed E-state index contributed by atoms with van der Waals surface area (Å²) >= 11 is 0. The lowest BCUT2D eigenvalue weighted by Gasteiger charge is -2.09. The normalized spacial score (nSPS) is 10.3. The van der Waals surface area contributed by atoms with Crippen LogP contribution in [0.4, 0.5) is 11.4 Å². The third-order valence-corrected chi connectivity index (χ3v) is 4.29. The summed E-state index contributed by atoms with van der Waals surface area (Å²) in [6.07, 6.45) is 2.13. The lowest BCUT2D eigenvalue weighted by atomic mass is 10.1. The van der Waals surface area contributed by atoms with Gasteiger partial charge in [-0.1, -0.05) is 36.4 Å². The second kappa shape index (κ2) is 9.43. The van der Waals surface area contributed by atoms with Crippen molar-refractivity contribution in [3.8, 4) is 5.75 Å². The Kier molecular flexibility index (Phi) is 6.47. The molecular weight excluding hydrogens is 336 g/mol. The zero-order valence-electron chi connectivity index (χ0n) is 15.4. The number of anilines is 2. The first-order valence-electron chi connectivity index (χ1n) is 9.08. The molecule has 3 aromatic carbocycles. The SMILES string of the molecule is COc1cccc(C(=O)Nc2ccc(NCCCc3ccccc3)cc2)c1. The molecule has 0 saturated heterocycles. The summed E-state index contributed by atoms with van der Waals surface area (Å²) in [6.45, 7) is 0.907. The second-order valence-corrected chi connectivity index (χ2v) is 6.28. The van der Waals surface area contributed by atoms with Crippen molar-refractivity contribution in [3.05, 3.63) is 90.0 Å². The molecule has 0 atom stereocenters. The van der Waals surface area contributed by atoms with Crippen molar-refractivity contribution in [2.45, 2.75) is 12.8 Å². The van der Waals surface area contributed by atoms with Crippen molar-refractivity contribution in [1.29, 1.82) is 0 Å². The number of aryl methyl sites for hydroxylation is 1. The maximum absolute atomic E-state index is 12.3. The van der Waals surface area contributed by atoms with Gasteiger partial charge in [0.05, 0.1) is 7.11 Å². The molecule has 4 heteroatoms. The number of methoxy groups -OCH3 is 1. The first-order valence-corrected chi connectivity index (χ1v) is 9.08. The van der Waals surface area contributed by atoms with Crippen LogP contribution in [0.1, 0.15) is 22.3 Å². The van der Waals surface area contributed by atoms with Gasteiger partial charge < -0.3 is 15.4 Å². The molecular formula is C23H24N2O2. The van der Waals surface area contributed by atoms with Gasteiger partial charge >= 0.3 is 0 Å². The molecule has 4 nitrogen and oxygen atoms in total. The first kappa shape index (κ1) is 18.5. The smallest absolute Gasteiger partial charge is 0.255 e. The highest BCUT2D eigenvalue weighted by Crippen LogP contribution is 2.17. The predicted octanol–water partition coefficient (Wildman–Crippen LogP) is 4.99. The summed E-state index contributed by atoms with van der Waals surface area (Å²) in [5, 5.41) is 6.32. The molecule has 1 amide bonds. The fourth-order valence-corrected chi connectivity index (χ4v) is 2.81. The van der Waals surface area contributed by atoms with E-state index in [1.54, 1.807) is 25.3 Å². The largest absolute Gasteiger partial charge is 0.497 e. The van der Waals surface area contributed by atoms with Crippen LogP contribution in [-0.2, 0) is 6.42 Å². The van der Waals surface area contributed by atoms with E-state index in [1.807, 2.05) is 36.4 Å². The summed E-state index contributed by atoms with van der Waals surface area (Å²) in [5.74, 6) is 0.509. The molecule has 0 radical (unpaired) electrons. The molecule has 0 unspecified atom stereocenters. The first-order chi connectivity index (χ1) is 13.2. The highest BCUT2D eigenvalue weighted by atomic mass is 16.5. The number of ether oxygens (including phenoxy) is 1. The van der Waals surface area contributed by atoms with Crippen molar-refractivity contribution in [2.75, 3.05) is 24.3 Å². The Morgan fingerprint density at radius 1 is 0.889 bits per heavy atom. The Morgan fingerprint density at radius 2 is 1.63 bits per heavy atom. The van der Waals surface area contributed by atoms with E-state index in [2.05, 4.69) is 34.9 Å². The number of benzene rings is 3. The van der Waals surface area contributed by atoms with Crippen LogP contribution >= 0.6 is 0 Å². The maximum Gasteiger partial charge on any atom is 0.255 e. The molecule has 3 rings (SSSR count). The van der Waals surface area contributed by atoms with E-state index in [1.165, 1.54) is 5.56 Å². The van der Waals surface area contributed by atoms with Crippen LogP contribution in [0, 0.1) is 0 Å². The van der Waals surface area contributed by atoms with Crippen LogP contribution in [0.5, 0.6) is 5.75 Å². The average molecular weight is 360 g/mol. The Bertz CT molecular complexity index is 861. The second-order valence-electron chi connectivity index (χ2n) is 6.28. The molecule has 0 aliphatic heterocycles. The lowest BCUT2D eigenvalue weighted by Crippen LogP contribution is -2.12. The monoisotopic (exact) mass is 360 g/mol. The standard InChI is InChI=1S/C23H24N2O2/c1-27-22-11-5-10-19(17-22)23(26)25-21-14-12-20(13-15-21)24-16-6-9-18-7-3-2-4-8-18/h2-5,7-8,10-15,17,24H,6,9,16H2,1H3,(H,25,26). The van der Waals surface area contributed by atoms with Crippen molar-refractivity contribution in [1.82, 2.24) is 0 Å². The molecule has 0 aromatic heterocycles. The molecule has 27 heavy (non-hydrogen) atoms. The van der Waals surface area contributed by atoms with E-state index in [0.29, 0.717) is 11.3 Å². The van der Waals surface area contributed by atoms with E-state index in [0.717, 1.165) is 30.8 Å². The summed E-state index contributed by atoms with van der Waals surface area (Å²) in [7, 11) is 1.59. The summed E-state index contributed by atoms with van der Waals surface area (Å²) in [5.41, 5.74) is 3.73. The number of carbonyl (C=O) groups is 1. The highest BCUT2D eigenvalue weighted by molar-refractivity contribution is 6.04. The third-order valence-electron chi connectivity index (χ3n) is 4.29. The summed E-state index contributed by atoms with van der Waals surface area (Å²) in [6, 6.07) is 25.3. The van der Waals surface area contributed by atoms with Crippen LogP contribution in [0.25, 0.3) is 0 Å². The minimum Gasteiger partial charge on any atom is -0.497 e. The molecule has 0 aliphatic carbocycles. The third kappa shape index (κ3) is 5.61. The topological polar surface area (TPSA) is 50.4 Å². The molecule has 0 spiro atoms. The van der Waals surface area contributed by atoms with E-state index >= 15 is 0 Å². The number of rotatable bonds is 8. The van der Waals surface area contributed by atoms with Gasteiger partial charge in [-0.05, 0) is 60.9 Å². The molecule has 3 aromatic rings. The fraction of sp³-hybridized carbons (Fsp3) is 0.174. The highest BCUT2D eigenvalue weighted by Gasteiger charge is 2.07. The van der Waals surface area contributed by atoms with Crippen LogP contribution in [0.15, 0.2) is 78.9 Å². The van der Waals surface area contributed by atoms with E-state index in [4.69, 9.17) is 4.74 Å². The van der Waals surface area contributed by atoms with Crippen molar-refractivity contribution < 1.29 is 9.53 Å². The predicted molar refractivity (Wildman–Crippen MR) is 111 cm³/mol.